The van der Waals surface area contributed by atoms with Gasteiger partial charge in [-0.25, -0.2) is 0 Å². The molecule has 0 fully saturated rings. The van der Waals surface area contributed by atoms with E-state index in [9.17, 15) is 9.59 Å². The highest BCUT2D eigenvalue weighted by Crippen LogP contribution is 2.40. The summed E-state index contributed by atoms with van der Waals surface area (Å²) < 4.78 is 0. The van der Waals surface area contributed by atoms with E-state index in [0.29, 0.717) is 12.1 Å². The van der Waals surface area contributed by atoms with Crippen molar-refractivity contribution < 1.29 is 0 Å². The van der Waals surface area contributed by atoms with Gasteiger partial charge in [-0.05, 0) is 73.6 Å². The molecule has 0 aliphatic heterocycles. The van der Waals surface area contributed by atoms with Crippen LogP contribution in [-0.4, -0.2) is 23.1 Å². The molecule has 4 N–H and O–H groups in total. The van der Waals surface area contributed by atoms with E-state index in [0.717, 1.165) is 50.2 Å². The number of aromatic amines is 2. The summed E-state index contributed by atoms with van der Waals surface area (Å²) in [5.41, 5.74) is 5.18. The first-order chi connectivity index (χ1) is 17.1. The number of hydrogen-bond acceptors (Lipinski definition) is 4. The number of unbranched alkanes of at least 4 members (excludes halogenated alkanes) is 5. The van der Waals surface area contributed by atoms with E-state index in [-0.39, 0.29) is 21.9 Å². The minimum absolute atomic E-state index is 0.00383. The van der Waals surface area contributed by atoms with Gasteiger partial charge in [-0.15, -0.1) is 0 Å². The van der Waals surface area contributed by atoms with E-state index in [1.165, 1.54) is 49.7 Å². The highest BCUT2D eigenvalue weighted by atomic mass is 16.1. The Bertz CT molecular complexity index is 1040. The van der Waals surface area contributed by atoms with Crippen LogP contribution in [0, 0.1) is 10.8 Å². The van der Waals surface area contributed by atoms with E-state index in [4.69, 9.17) is 0 Å². The van der Waals surface area contributed by atoms with Gasteiger partial charge in [0, 0.05) is 35.6 Å². The maximum absolute atomic E-state index is 11.8. The predicted molar refractivity (Wildman–Crippen MR) is 148 cm³/mol. The van der Waals surface area contributed by atoms with E-state index < -0.39 is 0 Å². The zero-order valence-electron chi connectivity index (χ0n) is 22.8. The van der Waals surface area contributed by atoms with Crippen LogP contribution < -0.4 is 21.8 Å². The molecule has 2 unspecified atom stereocenters. The number of nitrogens with one attached hydrogen (secondary N) is 4. The summed E-state index contributed by atoms with van der Waals surface area (Å²) >= 11 is 0. The van der Waals surface area contributed by atoms with Crippen LogP contribution in [-0.2, 0) is 12.8 Å². The van der Waals surface area contributed by atoms with Crippen LogP contribution in [0.2, 0.25) is 0 Å². The third-order valence-electron chi connectivity index (χ3n) is 8.03. The fourth-order valence-corrected chi connectivity index (χ4v) is 6.30. The van der Waals surface area contributed by atoms with Crippen LogP contribution >= 0.6 is 0 Å². The second kappa shape index (κ2) is 11.5. The standard InChI is InChI=1S/C30H46N4O2/c1-29(2)17-23(21-11-13-27(35)33-25(21)19-29)31-15-9-7-5-6-8-10-16-32-24-18-30(3,4)20-26-22(24)12-14-28(36)34-26/h11-14,23-24,31-32H,5-10,15-20H2,1-4H3,(H,33,35)(H,34,36). The Morgan fingerprint density at radius 2 is 1.06 bits per heavy atom. The summed E-state index contributed by atoms with van der Waals surface area (Å²) in [4.78, 5) is 29.7. The zero-order valence-corrected chi connectivity index (χ0v) is 22.8. The second-order valence-electron chi connectivity index (χ2n) is 12.7. The maximum Gasteiger partial charge on any atom is 0.248 e. The fraction of sp³-hybridized carbons (Fsp3) is 0.667. The molecule has 0 saturated carbocycles. The van der Waals surface area contributed by atoms with Crippen LogP contribution in [0.3, 0.4) is 0 Å². The molecule has 2 aromatic heterocycles. The molecule has 2 atom stereocenters. The van der Waals surface area contributed by atoms with Crippen molar-refractivity contribution in [3.63, 3.8) is 0 Å². The topological polar surface area (TPSA) is 89.8 Å². The normalized spacial score (nSPS) is 22.1. The number of fused-ring (bicyclic) bond motifs is 2. The molecule has 198 valence electrons. The summed E-state index contributed by atoms with van der Waals surface area (Å²) in [7, 11) is 0. The first kappa shape index (κ1) is 26.9. The number of aromatic nitrogens is 2. The number of rotatable bonds is 11. The van der Waals surface area contributed by atoms with Gasteiger partial charge in [-0.2, -0.15) is 0 Å². The molecule has 6 nitrogen and oxygen atoms in total. The van der Waals surface area contributed by atoms with Crippen molar-refractivity contribution in [3.05, 3.63) is 67.5 Å². The highest BCUT2D eigenvalue weighted by molar-refractivity contribution is 5.29. The summed E-state index contributed by atoms with van der Waals surface area (Å²) in [5, 5.41) is 7.53. The van der Waals surface area contributed by atoms with Gasteiger partial charge in [0.1, 0.15) is 0 Å². The second-order valence-corrected chi connectivity index (χ2v) is 12.7. The molecule has 2 aliphatic rings. The van der Waals surface area contributed by atoms with Crippen molar-refractivity contribution in [2.24, 2.45) is 10.8 Å². The maximum atomic E-state index is 11.8. The zero-order chi connectivity index (χ0) is 25.8. The third-order valence-corrected chi connectivity index (χ3v) is 8.03. The Morgan fingerprint density at radius 1 is 0.667 bits per heavy atom. The van der Waals surface area contributed by atoms with Gasteiger partial charge >= 0.3 is 0 Å². The Balaban J connectivity index is 1.11. The lowest BCUT2D eigenvalue weighted by atomic mass is 9.74. The lowest BCUT2D eigenvalue weighted by Gasteiger charge is -2.37. The predicted octanol–water partition coefficient (Wildman–Crippen LogP) is 5.31. The van der Waals surface area contributed by atoms with Crippen molar-refractivity contribution in [1.82, 2.24) is 20.6 Å². The van der Waals surface area contributed by atoms with E-state index in [1.807, 2.05) is 12.1 Å². The van der Waals surface area contributed by atoms with Gasteiger partial charge in [0.2, 0.25) is 11.1 Å². The Labute approximate surface area is 216 Å². The largest absolute Gasteiger partial charge is 0.326 e. The molecule has 2 aliphatic carbocycles. The molecular formula is C30H46N4O2. The van der Waals surface area contributed by atoms with Crippen LogP contribution in [0.25, 0.3) is 0 Å². The Kier molecular flexibility index (Phi) is 8.56. The Hall–Kier alpha value is -2.18. The van der Waals surface area contributed by atoms with Gasteiger partial charge in [0.25, 0.3) is 0 Å². The smallest absolute Gasteiger partial charge is 0.248 e. The number of pyridine rings is 2. The number of hydrogen-bond donors (Lipinski definition) is 4. The van der Waals surface area contributed by atoms with Crippen molar-refractivity contribution >= 4 is 0 Å². The van der Waals surface area contributed by atoms with Gasteiger partial charge in [-0.1, -0.05) is 65.5 Å². The molecule has 0 aromatic carbocycles. The first-order valence-electron chi connectivity index (χ1n) is 14.0. The minimum atomic E-state index is 0.00383. The highest BCUT2D eigenvalue weighted by Gasteiger charge is 2.33. The van der Waals surface area contributed by atoms with E-state index in [2.05, 4.69) is 48.3 Å². The van der Waals surface area contributed by atoms with Gasteiger partial charge in [-0.3, -0.25) is 9.59 Å². The average Bonchev–Trinajstić information content (AvgIpc) is 2.78. The van der Waals surface area contributed by atoms with Gasteiger partial charge < -0.3 is 20.6 Å². The van der Waals surface area contributed by atoms with E-state index in [1.54, 1.807) is 12.1 Å². The lowest BCUT2D eigenvalue weighted by molar-refractivity contribution is 0.252. The molecule has 2 aromatic rings. The Morgan fingerprint density at radius 3 is 1.47 bits per heavy atom. The molecule has 2 heterocycles. The molecule has 0 amide bonds. The van der Waals surface area contributed by atoms with Crippen molar-refractivity contribution in [2.75, 3.05) is 13.1 Å². The quantitative estimate of drug-likeness (QED) is 0.319. The first-order valence-corrected chi connectivity index (χ1v) is 14.0. The van der Waals surface area contributed by atoms with Crippen LogP contribution in [0.1, 0.15) is 114 Å². The van der Waals surface area contributed by atoms with Crippen molar-refractivity contribution in [3.8, 4) is 0 Å². The van der Waals surface area contributed by atoms with Crippen molar-refractivity contribution in [1.29, 1.82) is 0 Å². The van der Waals surface area contributed by atoms with Crippen LogP contribution in [0.15, 0.2) is 33.9 Å². The van der Waals surface area contributed by atoms with Gasteiger partial charge in [0.15, 0.2) is 0 Å². The summed E-state index contributed by atoms with van der Waals surface area (Å²) in [6.45, 7) is 11.2. The van der Waals surface area contributed by atoms with Crippen LogP contribution in [0.4, 0.5) is 0 Å². The number of H-pyrrole nitrogens is 2. The van der Waals surface area contributed by atoms with Crippen LogP contribution in [0.5, 0.6) is 0 Å². The molecule has 4 rings (SSSR count). The van der Waals surface area contributed by atoms with E-state index >= 15 is 0 Å². The molecule has 0 saturated heterocycles. The minimum Gasteiger partial charge on any atom is -0.326 e. The molecule has 0 spiro atoms. The summed E-state index contributed by atoms with van der Waals surface area (Å²) in [6.07, 6.45) is 11.6. The average molecular weight is 495 g/mol. The summed E-state index contributed by atoms with van der Waals surface area (Å²) in [6, 6.07) is 8.02. The lowest BCUT2D eigenvalue weighted by Crippen LogP contribution is -2.35. The van der Waals surface area contributed by atoms with Gasteiger partial charge in [0.05, 0.1) is 0 Å². The monoisotopic (exact) mass is 494 g/mol. The SMILES string of the molecule is CC1(C)Cc2[nH]c(=O)ccc2C(NCCCCCCCCNC2CC(C)(C)Cc3[nH]c(=O)ccc32)C1. The third kappa shape index (κ3) is 7.19. The molecule has 0 radical (unpaired) electrons. The molecule has 0 bridgehead atoms. The fourth-order valence-electron chi connectivity index (χ4n) is 6.30. The molecular weight excluding hydrogens is 448 g/mol. The molecule has 36 heavy (non-hydrogen) atoms. The summed E-state index contributed by atoms with van der Waals surface area (Å²) in [5.74, 6) is 0. The van der Waals surface area contributed by atoms with Crippen molar-refractivity contribution in [2.45, 2.75) is 104 Å². The molecule has 6 heteroatoms.